The summed E-state index contributed by atoms with van der Waals surface area (Å²) in [6.45, 7) is -6.57. The predicted octanol–water partition coefficient (Wildman–Crippen LogP) is 1.26. The molecular formula is C6H6F4N2O2. The molecule has 0 saturated carbocycles. The lowest BCUT2D eigenvalue weighted by Gasteiger charge is -2.29. The Kier molecular flexibility index (Phi) is 3.42. The predicted molar refractivity (Wildman–Crippen MR) is 37.7 cm³/mol. The van der Waals surface area contributed by atoms with E-state index in [0.717, 1.165) is 12.4 Å². The van der Waals surface area contributed by atoms with Gasteiger partial charge in [0.25, 0.3) is 0 Å². The Bertz CT molecular complexity index is 234. The molecular weight excluding hydrogens is 208 g/mol. The van der Waals surface area contributed by atoms with Crippen LogP contribution < -0.4 is 5.32 Å². The van der Waals surface area contributed by atoms with Gasteiger partial charge in [-0.1, -0.05) is 0 Å². The van der Waals surface area contributed by atoms with E-state index in [0.29, 0.717) is 0 Å². The molecule has 0 amide bonds. The molecule has 0 unspecified atom stereocenters. The Labute approximate surface area is 76.2 Å². The second-order valence-electron chi connectivity index (χ2n) is 2.12. The van der Waals surface area contributed by atoms with Gasteiger partial charge in [0.15, 0.2) is 0 Å². The van der Waals surface area contributed by atoms with Crippen LogP contribution in [0.4, 0.5) is 17.6 Å². The molecule has 1 aliphatic heterocycles. The number of hydrogen-bond acceptors (Lipinski definition) is 4. The highest BCUT2D eigenvalue weighted by Crippen LogP contribution is 2.20. The van der Waals surface area contributed by atoms with Crippen molar-refractivity contribution < 1.29 is 27.0 Å². The molecule has 14 heavy (non-hydrogen) atoms. The third kappa shape index (κ3) is 2.96. The molecule has 0 aliphatic carbocycles. The first-order valence-electron chi connectivity index (χ1n) is 3.44. The lowest BCUT2D eigenvalue weighted by atomic mass is 10.5. The second kappa shape index (κ2) is 4.38. The van der Waals surface area contributed by atoms with Gasteiger partial charge in [0.05, 0.1) is 0 Å². The monoisotopic (exact) mass is 214 g/mol. The molecule has 0 saturated heterocycles. The summed E-state index contributed by atoms with van der Waals surface area (Å²) in [4.78, 5) is 3.21. The van der Waals surface area contributed by atoms with Crippen LogP contribution in [-0.2, 0) is 9.47 Å². The lowest BCUT2D eigenvalue weighted by Crippen LogP contribution is -2.49. The fourth-order valence-electron chi connectivity index (χ4n) is 0.773. The summed E-state index contributed by atoms with van der Waals surface area (Å²) in [5.41, 5.74) is 0. The Morgan fingerprint density at radius 2 is 1.71 bits per heavy atom. The molecule has 4 nitrogen and oxygen atoms in total. The topological polar surface area (TPSA) is 42.9 Å². The molecule has 0 radical (unpaired) electrons. The van der Waals surface area contributed by atoms with Crippen molar-refractivity contribution in [2.45, 2.75) is 19.3 Å². The number of rotatable bonds is 4. The van der Waals surface area contributed by atoms with Crippen LogP contribution in [0.5, 0.6) is 0 Å². The zero-order valence-electron chi connectivity index (χ0n) is 6.66. The van der Waals surface area contributed by atoms with Gasteiger partial charge in [-0.25, -0.2) is 4.99 Å². The van der Waals surface area contributed by atoms with Crippen LogP contribution in [0.2, 0.25) is 0 Å². The molecule has 1 rings (SSSR count). The van der Waals surface area contributed by atoms with Crippen LogP contribution in [0, 0.1) is 0 Å². The van der Waals surface area contributed by atoms with Crippen LogP contribution in [0.3, 0.4) is 0 Å². The molecule has 1 N–H and O–H groups in total. The van der Waals surface area contributed by atoms with Crippen molar-refractivity contribution in [3.8, 4) is 0 Å². The molecule has 1 heterocycles. The highest BCUT2D eigenvalue weighted by Gasteiger charge is 2.38. The van der Waals surface area contributed by atoms with E-state index in [9.17, 15) is 17.6 Å². The van der Waals surface area contributed by atoms with Gasteiger partial charge in [0.2, 0.25) is 0 Å². The standard InChI is InChI=1S/C6H6F4N2O2/c7-4(8)13-6(14-5(9)10)11-2-1-3-12-6/h1-5,11H. The molecule has 0 fully saturated rings. The zero-order chi connectivity index (χ0) is 10.6. The maximum atomic E-state index is 11.8. The third-order valence-corrected chi connectivity index (χ3v) is 1.19. The first kappa shape index (κ1) is 10.9. The first-order valence-corrected chi connectivity index (χ1v) is 3.44. The summed E-state index contributed by atoms with van der Waals surface area (Å²) >= 11 is 0. The summed E-state index contributed by atoms with van der Waals surface area (Å²) in [7, 11) is 0. The average molecular weight is 214 g/mol. The minimum absolute atomic E-state index is 1.00. The quantitative estimate of drug-likeness (QED) is 0.566. The number of nitrogens with zero attached hydrogens (tertiary/aromatic N) is 1. The Morgan fingerprint density at radius 3 is 2.07 bits per heavy atom. The number of hydrogen-bond donors (Lipinski definition) is 1. The van der Waals surface area contributed by atoms with Crippen LogP contribution in [-0.4, -0.2) is 25.5 Å². The van der Waals surface area contributed by atoms with Gasteiger partial charge in [-0.05, 0) is 6.08 Å². The van der Waals surface area contributed by atoms with E-state index in [1.54, 1.807) is 0 Å². The van der Waals surface area contributed by atoms with Crippen LogP contribution in [0.1, 0.15) is 0 Å². The molecule has 80 valence electrons. The van der Waals surface area contributed by atoms with E-state index >= 15 is 0 Å². The molecule has 0 aromatic rings. The second-order valence-corrected chi connectivity index (χ2v) is 2.12. The molecule has 0 bridgehead atoms. The normalized spacial score (nSPS) is 19.0. The maximum absolute atomic E-state index is 11.8. The number of nitrogens with one attached hydrogen (secondary N) is 1. The van der Waals surface area contributed by atoms with Crippen molar-refractivity contribution in [1.29, 1.82) is 0 Å². The highest BCUT2D eigenvalue weighted by molar-refractivity contribution is 5.71. The van der Waals surface area contributed by atoms with E-state index in [-0.39, 0.29) is 0 Å². The van der Waals surface area contributed by atoms with Crippen molar-refractivity contribution in [1.82, 2.24) is 5.32 Å². The van der Waals surface area contributed by atoms with Crippen molar-refractivity contribution in [2.24, 2.45) is 4.99 Å². The van der Waals surface area contributed by atoms with Gasteiger partial charge in [-0.2, -0.15) is 17.6 Å². The Morgan fingerprint density at radius 1 is 1.14 bits per heavy atom. The summed E-state index contributed by atoms with van der Waals surface area (Å²) in [6.07, 6.45) is 3.40. The minimum atomic E-state index is -3.29. The summed E-state index contributed by atoms with van der Waals surface area (Å²) in [5, 5.41) is 2.01. The van der Waals surface area contributed by atoms with Gasteiger partial charge < -0.3 is 5.32 Å². The van der Waals surface area contributed by atoms with Crippen LogP contribution >= 0.6 is 0 Å². The summed E-state index contributed by atoms with van der Waals surface area (Å²) < 4.78 is 54.9. The lowest BCUT2D eigenvalue weighted by molar-refractivity contribution is -0.364. The molecule has 8 heteroatoms. The Hall–Kier alpha value is -1.15. The van der Waals surface area contributed by atoms with Gasteiger partial charge in [-0.15, -0.1) is 0 Å². The number of allylic oxidation sites excluding steroid dienone is 1. The van der Waals surface area contributed by atoms with Crippen molar-refractivity contribution in [3.63, 3.8) is 0 Å². The highest BCUT2D eigenvalue weighted by atomic mass is 19.3. The molecule has 1 aliphatic rings. The van der Waals surface area contributed by atoms with Crippen LogP contribution in [0.15, 0.2) is 17.3 Å². The van der Waals surface area contributed by atoms with E-state index in [1.165, 1.54) is 6.08 Å². The average Bonchev–Trinajstić information content (AvgIpc) is 2.01. The Balaban J connectivity index is 2.69. The van der Waals surface area contributed by atoms with Crippen LogP contribution in [0.25, 0.3) is 0 Å². The van der Waals surface area contributed by atoms with Gasteiger partial charge in [-0.3, -0.25) is 9.47 Å². The van der Waals surface area contributed by atoms with E-state index < -0.39 is 19.3 Å². The van der Waals surface area contributed by atoms with Crippen molar-refractivity contribution >= 4 is 6.21 Å². The summed E-state index contributed by atoms with van der Waals surface area (Å²) in [6, 6.07) is -2.54. The SMILES string of the molecule is FC(F)OC1(OC(F)F)N=CC=CN1. The maximum Gasteiger partial charge on any atom is 0.366 e. The van der Waals surface area contributed by atoms with Gasteiger partial charge in [0, 0.05) is 12.4 Å². The van der Waals surface area contributed by atoms with Gasteiger partial charge in [0.1, 0.15) is 0 Å². The third-order valence-electron chi connectivity index (χ3n) is 1.19. The smallest absolute Gasteiger partial charge is 0.320 e. The molecule has 0 atom stereocenters. The van der Waals surface area contributed by atoms with E-state index in [1.807, 2.05) is 5.32 Å². The van der Waals surface area contributed by atoms with Crippen molar-refractivity contribution in [2.75, 3.05) is 0 Å². The van der Waals surface area contributed by atoms with E-state index in [4.69, 9.17) is 0 Å². The fourth-order valence-corrected chi connectivity index (χ4v) is 0.773. The number of aliphatic imine (C=N–C) groups is 1. The number of ether oxygens (including phenoxy) is 2. The molecule has 0 spiro atoms. The largest absolute Gasteiger partial charge is 0.366 e. The fraction of sp³-hybridized carbons (Fsp3) is 0.500. The van der Waals surface area contributed by atoms with Crippen molar-refractivity contribution in [3.05, 3.63) is 12.3 Å². The number of alkyl halides is 4. The van der Waals surface area contributed by atoms with E-state index in [2.05, 4.69) is 14.5 Å². The van der Waals surface area contributed by atoms with Gasteiger partial charge >= 0.3 is 19.3 Å². The molecule has 0 aromatic heterocycles. The first-order chi connectivity index (χ1) is 6.54. The summed E-state index contributed by atoms with van der Waals surface area (Å²) in [5.74, 6) is 0. The number of halogens is 4. The minimum Gasteiger partial charge on any atom is -0.320 e. The zero-order valence-corrected chi connectivity index (χ0v) is 6.66. The molecule has 0 aromatic carbocycles.